The molecule has 8 nitrogen and oxygen atoms in total. The number of aromatic nitrogens is 1. The molecule has 0 unspecified atom stereocenters. The Labute approximate surface area is 205 Å². The first kappa shape index (κ1) is 24.3. The van der Waals surface area contributed by atoms with E-state index < -0.39 is 6.36 Å². The van der Waals surface area contributed by atoms with Gasteiger partial charge in [0, 0.05) is 11.9 Å². The van der Waals surface area contributed by atoms with Gasteiger partial charge in [-0.1, -0.05) is 12.1 Å². The third-order valence-electron chi connectivity index (χ3n) is 5.02. The lowest BCUT2D eigenvalue weighted by Crippen LogP contribution is -2.16. The lowest BCUT2D eigenvalue weighted by molar-refractivity contribution is -0.274. The summed E-state index contributed by atoms with van der Waals surface area (Å²) in [6.45, 7) is 0. The predicted molar refractivity (Wildman–Crippen MR) is 135 cm³/mol. The summed E-state index contributed by atoms with van der Waals surface area (Å²) in [5, 5.41) is 9.67. The SMILES string of the molecule is COc1ncccc1Nc1cc(Nc2ccccc2Nc2ccc(OC(F)(F)F)cc2)c(N)cc1N. The molecule has 7 N–H and O–H groups in total. The molecular weight excluding hydrogens is 473 g/mol. The van der Waals surface area contributed by atoms with Crippen LogP contribution in [0.2, 0.25) is 0 Å². The molecule has 0 aliphatic rings. The second-order valence-corrected chi connectivity index (χ2v) is 7.58. The molecule has 0 aliphatic heterocycles. The fraction of sp³-hybridized carbons (Fsp3) is 0.0800. The van der Waals surface area contributed by atoms with E-state index in [1.54, 1.807) is 30.5 Å². The molecule has 0 bridgehead atoms. The van der Waals surface area contributed by atoms with Crippen LogP contribution in [0.25, 0.3) is 0 Å². The Morgan fingerprint density at radius 2 is 1.31 bits per heavy atom. The Morgan fingerprint density at radius 3 is 1.92 bits per heavy atom. The number of anilines is 8. The molecule has 0 amide bonds. The summed E-state index contributed by atoms with van der Waals surface area (Å²) >= 11 is 0. The second kappa shape index (κ2) is 10.2. The zero-order valence-electron chi connectivity index (χ0n) is 19.1. The van der Waals surface area contributed by atoms with Gasteiger partial charge in [-0.05, 0) is 60.7 Å². The fourth-order valence-electron chi connectivity index (χ4n) is 3.39. The van der Waals surface area contributed by atoms with Crippen molar-refractivity contribution in [1.29, 1.82) is 0 Å². The summed E-state index contributed by atoms with van der Waals surface area (Å²) < 4.78 is 46.5. The first-order valence-corrected chi connectivity index (χ1v) is 10.7. The molecule has 4 aromatic rings. The Balaban J connectivity index is 1.56. The van der Waals surface area contributed by atoms with Crippen molar-refractivity contribution in [3.63, 3.8) is 0 Å². The van der Waals surface area contributed by atoms with Gasteiger partial charge in [0.25, 0.3) is 0 Å². The smallest absolute Gasteiger partial charge is 0.480 e. The zero-order chi connectivity index (χ0) is 25.7. The molecule has 3 aromatic carbocycles. The first-order valence-electron chi connectivity index (χ1n) is 10.7. The Hall–Kier alpha value is -4.80. The minimum atomic E-state index is -4.75. The number of nitrogens with two attached hydrogens (primary N) is 2. The molecule has 1 heterocycles. The minimum Gasteiger partial charge on any atom is -0.480 e. The van der Waals surface area contributed by atoms with Crippen LogP contribution in [0.1, 0.15) is 0 Å². The minimum absolute atomic E-state index is 0.306. The van der Waals surface area contributed by atoms with Crippen LogP contribution >= 0.6 is 0 Å². The van der Waals surface area contributed by atoms with Crippen LogP contribution in [0.15, 0.2) is 79.0 Å². The first-order chi connectivity index (χ1) is 17.2. The summed E-state index contributed by atoms with van der Waals surface area (Å²) in [5.41, 5.74) is 17.0. The number of pyridine rings is 1. The lowest BCUT2D eigenvalue weighted by atomic mass is 10.1. The number of rotatable bonds is 8. The van der Waals surface area contributed by atoms with Crippen molar-refractivity contribution in [3.8, 4) is 11.6 Å². The molecule has 0 atom stereocenters. The Bertz CT molecular complexity index is 1350. The topological polar surface area (TPSA) is 119 Å². The maximum Gasteiger partial charge on any atom is 0.573 e. The van der Waals surface area contributed by atoms with E-state index in [1.165, 1.54) is 31.4 Å². The standard InChI is InChI=1S/C25H23F3N6O2/c1-35-24-21(7-4-12-31-24)34-23-14-22(17(29)13-18(23)30)33-20-6-3-2-5-19(20)32-15-8-10-16(11-9-15)36-25(26,27)28/h2-14,32-34H,29-30H2,1H3. The van der Waals surface area contributed by atoms with E-state index in [9.17, 15) is 13.2 Å². The van der Waals surface area contributed by atoms with E-state index in [4.69, 9.17) is 16.2 Å². The maximum atomic E-state index is 12.4. The highest BCUT2D eigenvalue weighted by Gasteiger charge is 2.30. The van der Waals surface area contributed by atoms with Crippen molar-refractivity contribution in [2.45, 2.75) is 6.36 Å². The van der Waals surface area contributed by atoms with E-state index in [1.807, 2.05) is 24.3 Å². The van der Waals surface area contributed by atoms with Crippen molar-refractivity contribution in [3.05, 3.63) is 79.0 Å². The van der Waals surface area contributed by atoms with Crippen molar-refractivity contribution >= 4 is 45.5 Å². The largest absolute Gasteiger partial charge is 0.573 e. The highest BCUT2D eigenvalue weighted by atomic mass is 19.4. The number of nitrogens with one attached hydrogen (secondary N) is 3. The number of methoxy groups -OCH3 is 1. The van der Waals surface area contributed by atoms with Crippen LogP contribution < -0.4 is 36.9 Å². The monoisotopic (exact) mass is 496 g/mol. The number of ether oxygens (including phenoxy) is 2. The zero-order valence-corrected chi connectivity index (χ0v) is 19.1. The van der Waals surface area contributed by atoms with Crippen molar-refractivity contribution in [2.75, 3.05) is 34.5 Å². The van der Waals surface area contributed by atoms with Gasteiger partial charge in [-0.25, -0.2) is 4.98 Å². The average molecular weight is 496 g/mol. The molecular formula is C25H23F3N6O2. The van der Waals surface area contributed by atoms with Crippen LogP contribution in [-0.4, -0.2) is 18.5 Å². The normalized spacial score (nSPS) is 11.0. The second-order valence-electron chi connectivity index (χ2n) is 7.58. The third-order valence-corrected chi connectivity index (χ3v) is 5.02. The summed E-state index contributed by atoms with van der Waals surface area (Å²) in [6.07, 6.45) is -3.13. The van der Waals surface area contributed by atoms with E-state index in [0.717, 1.165) is 0 Å². The molecule has 1 aromatic heterocycles. The molecule has 0 fully saturated rings. The Kier molecular flexibility index (Phi) is 6.91. The van der Waals surface area contributed by atoms with Gasteiger partial charge in [0.2, 0.25) is 5.88 Å². The number of hydrogen-bond acceptors (Lipinski definition) is 8. The van der Waals surface area contributed by atoms with Gasteiger partial charge in [0.05, 0.1) is 41.2 Å². The molecule has 36 heavy (non-hydrogen) atoms. The van der Waals surface area contributed by atoms with E-state index in [2.05, 4.69) is 25.7 Å². The maximum absolute atomic E-state index is 12.4. The molecule has 0 spiro atoms. The van der Waals surface area contributed by atoms with Gasteiger partial charge in [-0.2, -0.15) is 0 Å². The molecule has 0 radical (unpaired) electrons. The number of benzene rings is 3. The van der Waals surface area contributed by atoms with Gasteiger partial charge in [0.15, 0.2) is 0 Å². The highest BCUT2D eigenvalue weighted by molar-refractivity contribution is 5.88. The van der Waals surface area contributed by atoms with Crippen LogP contribution in [0.5, 0.6) is 11.6 Å². The van der Waals surface area contributed by atoms with Crippen LogP contribution in [0.4, 0.5) is 58.7 Å². The average Bonchev–Trinajstić information content (AvgIpc) is 2.84. The molecule has 0 aliphatic carbocycles. The lowest BCUT2D eigenvalue weighted by Gasteiger charge is -2.18. The summed E-state index contributed by atoms with van der Waals surface area (Å²) in [6, 6.07) is 19.7. The molecule has 0 saturated heterocycles. The van der Waals surface area contributed by atoms with Crippen LogP contribution in [-0.2, 0) is 0 Å². The molecule has 4 rings (SSSR count). The Morgan fingerprint density at radius 1 is 0.722 bits per heavy atom. The summed E-state index contributed by atoms with van der Waals surface area (Å²) in [5.74, 6) is 0.101. The van der Waals surface area contributed by atoms with Gasteiger partial charge in [-0.15, -0.1) is 13.2 Å². The van der Waals surface area contributed by atoms with E-state index in [-0.39, 0.29) is 5.75 Å². The van der Waals surface area contributed by atoms with Crippen molar-refractivity contribution < 1.29 is 22.6 Å². The molecule has 0 saturated carbocycles. The van der Waals surface area contributed by atoms with Gasteiger partial charge >= 0.3 is 6.36 Å². The fourth-order valence-corrected chi connectivity index (χ4v) is 3.39. The van der Waals surface area contributed by atoms with E-state index >= 15 is 0 Å². The van der Waals surface area contributed by atoms with Gasteiger partial charge < -0.3 is 36.9 Å². The highest BCUT2D eigenvalue weighted by Crippen LogP contribution is 2.37. The number of nitrogen functional groups attached to an aromatic ring is 2. The number of para-hydroxylation sites is 2. The van der Waals surface area contributed by atoms with Crippen molar-refractivity contribution in [1.82, 2.24) is 4.98 Å². The molecule has 11 heteroatoms. The quantitative estimate of drug-likeness (QED) is 0.178. The van der Waals surface area contributed by atoms with E-state index in [0.29, 0.717) is 51.4 Å². The van der Waals surface area contributed by atoms with Gasteiger partial charge in [0.1, 0.15) is 11.4 Å². The van der Waals surface area contributed by atoms with Crippen molar-refractivity contribution in [2.24, 2.45) is 0 Å². The summed E-state index contributed by atoms with van der Waals surface area (Å²) in [4.78, 5) is 4.17. The number of alkyl halides is 3. The van der Waals surface area contributed by atoms with Gasteiger partial charge in [-0.3, -0.25) is 0 Å². The number of hydrogen-bond donors (Lipinski definition) is 5. The van der Waals surface area contributed by atoms with Crippen LogP contribution in [0.3, 0.4) is 0 Å². The number of halogens is 3. The summed E-state index contributed by atoms with van der Waals surface area (Å²) in [7, 11) is 1.52. The number of nitrogens with zero attached hydrogens (tertiary/aromatic N) is 1. The third kappa shape index (κ3) is 6.00. The molecule has 186 valence electrons. The predicted octanol–water partition coefficient (Wildman–Crippen LogP) is 6.38. The van der Waals surface area contributed by atoms with Crippen LogP contribution in [0, 0.1) is 0 Å².